The average Bonchev–Trinajstić information content (AvgIpc) is 3.01. The Kier molecular flexibility index (Phi) is 29.7. The van der Waals surface area contributed by atoms with Gasteiger partial charge in [-0.1, -0.05) is 160 Å². The first-order valence-corrected chi connectivity index (χ1v) is 18.7. The number of carbonyl (C=O) groups excluding carboxylic acids is 1. The molecule has 1 aromatic rings. The molecule has 0 aliphatic heterocycles. The number of hydrogen-bond acceptors (Lipinski definition) is 2. The summed E-state index contributed by atoms with van der Waals surface area (Å²) < 4.78 is 6.61. The Labute approximate surface area is 285 Å². The Bertz CT molecular complexity index is 776. The molecule has 3 nitrogen and oxygen atoms in total. The van der Waals surface area contributed by atoms with Gasteiger partial charge in [0.25, 0.3) is 0 Å². The lowest BCUT2D eigenvalue weighted by atomic mass is 10.0. The Balaban J connectivity index is 0.0000185. The number of ether oxygens (including phenoxy) is 1. The van der Waals surface area contributed by atoms with Gasteiger partial charge in [-0.2, -0.15) is 0 Å². The highest BCUT2D eigenvalue weighted by molar-refractivity contribution is 5.89. The van der Waals surface area contributed by atoms with E-state index in [-0.39, 0.29) is 23.0 Å². The number of nitrogens with zero attached hydrogens (tertiary/aromatic N) is 1. The van der Waals surface area contributed by atoms with Crippen LogP contribution in [-0.2, 0) is 4.74 Å². The summed E-state index contributed by atoms with van der Waals surface area (Å²) in [5.74, 6) is -0.220. The van der Waals surface area contributed by atoms with Gasteiger partial charge in [-0.3, -0.25) is 0 Å². The number of benzene rings is 1. The molecule has 0 heterocycles. The van der Waals surface area contributed by atoms with Crippen LogP contribution in [0.4, 0.5) is 0 Å². The summed E-state index contributed by atoms with van der Waals surface area (Å²) in [5, 5.41) is 0. The molecular formula is C40H72BrNO2. The zero-order valence-corrected chi connectivity index (χ0v) is 31.1. The number of esters is 1. The van der Waals surface area contributed by atoms with E-state index in [0.29, 0.717) is 12.2 Å². The van der Waals surface area contributed by atoms with Gasteiger partial charge < -0.3 is 26.2 Å². The van der Waals surface area contributed by atoms with Crippen molar-refractivity contribution < 1.29 is 31.0 Å². The second-order valence-electron chi connectivity index (χ2n) is 13.8. The van der Waals surface area contributed by atoms with Gasteiger partial charge in [0.05, 0.1) is 39.4 Å². The van der Waals surface area contributed by atoms with Crippen molar-refractivity contribution in [3.8, 4) is 0 Å². The van der Waals surface area contributed by atoms with Crippen LogP contribution in [0.25, 0.3) is 6.08 Å². The van der Waals surface area contributed by atoms with E-state index in [4.69, 9.17) is 4.74 Å². The van der Waals surface area contributed by atoms with Crippen LogP contribution in [0.1, 0.15) is 183 Å². The summed E-state index contributed by atoms with van der Waals surface area (Å²) in [6, 6.07) is 7.40. The number of quaternary nitrogens is 1. The minimum absolute atomic E-state index is 0. The first-order chi connectivity index (χ1) is 21.0. The van der Waals surface area contributed by atoms with Crippen LogP contribution in [0.5, 0.6) is 0 Å². The van der Waals surface area contributed by atoms with Gasteiger partial charge in [0, 0.05) is 0 Å². The molecule has 4 heteroatoms. The zero-order chi connectivity index (χ0) is 31.3. The lowest BCUT2D eigenvalue weighted by molar-refractivity contribution is -0.890. The van der Waals surface area contributed by atoms with Gasteiger partial charge in [-0.15, -0.1) is 0 Å². The van der Waals surface area contributed by atoms with Crippen LogP contribution >= 0.6 is 0 Å². The number of halogens is 1. The van der Waals surface area contributed by atoms with Crippen LogP contribution < -0.4 is 17.0 Å². The molecule has 0 saturated heterocycles. The number of rotatable bonds is 31. The molecule has 0 aliphatic carbocycles. The molecule has 0 atom stereocenters. The van der Waals surface area contributed by atoms with E-state index in [2.05, 4.69) is 27.6 Å². The average molecular weight is 679 g/mol. The smallest absolute Gasteiger partial charge is 0.338 e. The Hall–Kier alpha value is -1.13. The van der Waals surface area contributed by atoms with E-state index in [9.17, 15) is 4.79 Å². The van der Waals surface area contributed by atoms with Gasteiger partial charge in [-0.05, 0) is 49.8 Å². The van der Waals surface area contributed by atoms with E-state index < -0.39 is 0 Å². The molecule has 0 fully saturated rings. The van der Waals surface area contributed by atoms with Crippen molar-refractivity contribution in [1.29, 1.82) is 0 Å². The third kappa shape index (κ3) is 26.1. The Morgan fingerprint density at radius 1 is 0.591 bits per heavy atom. The standard InChI is InChI=1S/C40H72NO2.BrH/c1-5-7-8-9-10-11-12-13-14-15-16-17-19-22-25-28-35-41(3,4)36-29-26-23-20-18-21-24-27-30-37-43-40(42)39-33-31-38(6-2)32-34-39;/h6,31-34H,2,5,7-30,35-37H2,1,3-4H3;1H/q+1;/p-1. The number of carbonyl (C=O) groups is 1. The first-order valence-electron chi connectivity index (χ1n) is 18.7. The van der Waals surface area contributed by atoms with Gasteiger partial charge in [0.2, 0.25) is 0 Å². The second kappa shape index (κ2) is 30.5. The van der Waals surface area contributed by atoms with Crippen molar-refractivity contribution in [3.63, 3.8) is 0 Å². The summed E-state index contributed by atoms with van der Waals surface area (Å²) in [4.78, 5) is 12.1. The lowest BCUT2D eigenvalue weighted by Crippen LogP contribution is -3.00. The number of hydrogen-bond donors (Lipinski definition) is 0. The van der Waals surface area contributed by atoms with Crippen LogP contribution in [0, 0.1) is 0 Å². The molecule has 44 heavy (non-hydrogen) atoms. The lowest BCUT2D eigenvalue weighted by Gasteiger charge is -2.30. The van der Waals surface area contributed by atoms with E-state index in [1.165, 1.54) is 165 Å². The van der Waals surface area contributed by atoms with Crippen LogP contribution in [0.15, 0.2) is 30.8 Å². The van der Waals surface area contributed by atoms with Gasteiger partial charge >= 0.3 is 5.97 Å². The third-order valence-electron chi connectivity index (χ3n) is 9.14. The Morgan fingerprint density at radius 2 is 0.932 bits per heavy atom. The molecule has 0 N–H and O–H groups in total. The normalized spacial score (nSPS) is 11.3. The molecule has 0 aromatic heterocycles. The third-order valence-corrected chi connectivity index (χ3v) is 9.14. The van der Waals surface area contributed by atoms with Crippen molar-refractivity contribution >= 4 is 12.0 Å². The molecule has 1 rings (SSSR count). The van der Waals surface area contributed by atoms with E-state index in [1.807, 2.05) is 12.1 Å². The molecule has 0 unspecified atom stereocenters. The van der Waals surface area contributed by atoms with E-state index in [1.54, 1.807) is 18.2 Å². The van der Waals surface area contributed by atoms with Crippen LogP contribution in [0.3, 0.4) is 0 Å². The first kappa shape index (κ1) is 42.9. The maximum atomic E-state index is 12.1. The monoisotopic (exact) mass is 677 g/mol. The van der Waals surface area contributed by atoms with Crippen LogP contribution in [0.2, 0.25) is 0 Å². The summed E-state index contributed by atoms with van der Waals surface area (Å²) in [7, 11) is 4.86. The molecule has 0 spiro atoms. The molecule has 256 valence electrons. The molecule has 0 aliphatic rings. The summed E-state index contributed by atoms with van der Waals surface area (Å²) in [5.41, 5.74) is 1.63. The predicted molar refractivity (Wildman–Crippen MR) is 190 cm³/mol. The van der Waals surface area contributed by atoms with Crippen molar-refractivity contribution in [2.75, 3.05) is 33.8 Å². The molecule has 0 amide bonds. The summed E-state index contributed by atoms with van der Waals surface area (Å²) in [6.07, 6.45) is 36.4. The van der Waals surface area contributed by atoms with E-state index >= 15 is 0 Å². The highest BCUT2D eigenvalue weighted by atomic mass is 79.9. The SMILES string of the molecule is C=Cc1ccc(C(=O)OCCCCCCCCCCC[N+](C)(C)CCCCCCCCCCCCCCCCCC)cc1.[Br-]. The fraction of sp³-hybridized carbons (Fsp3) is 0.775. The minimum Gasteiger partial charge on any atom is -1.00 e. The van der Waals surface area contributed by atoms with E-state index in [0.717, 1.165) is 18.4 Å². The minimum atomic E-state index is -0.220. The maximum absolute atomic E-state index is 12.1. The van der Waals surface area contributed by atoms with Crippen LogP contribution in [-0.4, -0.2) is 44.2 Å². The molecule has 1 aromatic carbocycles. The van der Waals surface area contributed by atoms with Gasteiger partial charge in [0.1, 0.15) is 0 Å². The van der Waals surface area contributed by atoms with Gasteiger partial charge in [-0.25, -0.2) is 4.79 Å². The second-order valence-corrected chi connectivity index (χ2v) is 13.8. The highest BCUT2D eigenvalue weighted by Crippen LogP contribution is 2.16. The zero-order valence-electron chi connectivity index (χ0n) is 29.5. The van der Waals surface area contributed by atoms with Gasteiger partial charge in [0.15, 0.2) is 0 Å². The summed E-state index contributed by atoms with van der Waals surface area (Å²) in [6.45, 7) is 9.23. The quantitative estimate of drug-likeness (QED) is 0.0445. The number of unbranched alkanes of at least 4 members (excludes halogenated alkanes) is 23. The predicted octanol–water partition coefficient (Wildman–Crippen LogP) is 9.34. The maximum Gasteiger partial charge on any atom is 0.338 e. The van der Waals surface area contributed by atoms with Crippen molar-refractivity contribution in [3.05, 3.63) is 42.0 Å². The topological polar surface area (TPSA) is 26.3 Å². The fourth-order valence-corrected chi connectivity index (χ4v) is 6.08. The molecule has 0 saturated carbocycles. The Morgan fingerprint density at radius 3 is 1.30 bits per heavy atom. The molecular weight excluding hydrogens is 606 g/mol. The summed E-state index contributed by atoms with van der Waals surface area (Å²) >= 11 is 0. The molecule has 0 radical (unpaired) electrons. The van der Waals surface area contributed by atoms with Crippen molar-refractivity contribution in [1.82, 2.24) is 0 Å². The van der Waals surface area contributed by atoms with Crippen molar-refractivity contribution in [2.24, 2.45) is 0 Å². The largest absolute Gasteiger partial charge is 1.00 e. The van der Waals surface area contributed by atoms with Crippen molar-refractivity contribution in [2.45, 2.75) is 167 Å². The highest BCUT2D eigenvalue weighted by Gasteiger charge is 2.13. The fourth-order valence-electron chi connectivity index (χ4n) is 6.08. The molecule has 0 bridgehead atoms.